The van der Waals surface area contributed by atoms with Gasteiger partial charge in [0.2, 0.25) is 5.91 Å². The lowest BCUT2D eigenvalue weighted by Crippen LogP contribution is -2.39. The van der Waals surface area contributed by atoms with E-state index in [1.54, 1.807) is 0 Å². The van der Waals surface area contributed by atoms with Gasteiger partial charge in [-0.3, -0.25) is 4.79 Å². The lowest BCUT2D eigenvalue weighted by molar-refractivity contribution is -0.122. The smallest absolute Gasteiger partial charge is 0.220 e. The molecule has 3 nitrogen and oxygen atoms in total. The van der Waals surface area contributed by atoms with Crippen LogP contribution >= 0.6 is 11.8 Å². The summed E-state index contributed by atoms with van der Waals surface area (Å²) in [6.07, 6.45) is 7.82. The van der Waals surface area contributed by atoms with Crippen molar-refractivity contribution < 1.29 is 9.53 Å². The standard InChI is InChI=1S/C14H25NO2S/c1-2-18-13-7-3-6-12(13)15-14(16)9-8-11-5-4-10-17-11/h11-13H,2-10H2,1H3,(H,15,16). The Kier molecular flexibility index (Phi) is 5.83. The predicted octanol–water partition coefficient (Wildman–Crippen LogP) is 2.74. The largest absolute Gasteiger partial charge is 0.378 e. The first-order chi connectivity index (χ1) is 8.79. The predicted molar refractivity (Wildman–Crippen MR) is 75.9 cm³/mol. The van der Waals surface area contributed by atoms with Gasteiger partial charge in [-0.25, -0.2) is 0 Å². The van der Waals surface area contributed by atoms with Crippen LogP contribution in [0.1, 0.15) is 51.9 Å². The molecule has 1 aliphatic heterocycles. The Morgan fingerprint density at radius 3 is 2.94 bits per heavy atom. The molecule has 2 aliphatic rings. The van der Waals surface area contributed by atoms with Crippen molar-refractivity contribution in [3.63, 3.8) is 0 Å². The SMILES string of the molecule is CCSC1CCCC1NC(=O)CCC1CCCO1. The summed E-state index contributed by atoms with van der Waals surface area (Å²) in [7, 11) is 0. The van der Waals surface area contributed by atoms with Gasteiger partial charge in [-0.15, -0.1) is 0 Å². The van der Waals surface area contributed by atoms with E-state index in [9.17, 15) is 4.79 Å². The van der Waals surface area contributed by atoms with Gasteiger partial charge in [0.1, 0.15) is 0 Å². The van der Waals surface area contributed by atoms with Crippen LogP contribution in [0.25, 0.3) is 0 Å². The van der Waals surface area contributed by atoms with Crippen molar-refractivity contribution >= 4 is 17.7 Å². The maximum absolute atomic E-state index is 11.9. The number of carbonyl (C=O) groups is 1. The molecule has 104 valence electrons. The van der Waals surface area contributed by atoms with E-state index in [-0.39, 0.29) is 5.91 Å². The lowest BCUT2D eigenvalue weighted by Gasteiger charge is -2.20. The van der Waals surface area contributed by atoms with Crippen molar-refractivity contribution in [2.24, 2.45) is 0 Å². The molecular formula is C14H25NO2S. The van der Waals surface area contributed by atoms with E-state index in [0.717, 1.165) is 38.0 Å². The summed E-state index contributed by atoms with van der Waals surface area (Å²) in [5.41, 5.74) is 0. The molecule has 1 saturated heterocycles. The molecule has 1 saturated carbocycles. The van der Waals surface area contributed by atoms with Crippen LogP contribution in [0.5, 0.6) is 0 Å². The van der Waals surface area contributed by atoms with Gasteiger partial charge in [-0.2, -0.15) is 11.8 Å². The molecular weight excluding hydrogens is 246 g/mol. The molecule has 1 aliphatic carbocycles. The number of amides is 1. The second-order valence-electron chi connectivity index (χ2n) is 5.27. The van der Waals surface area contributed by atoms with Crippen molar-refractivity contribution in [1.82, 2.24) is 5.32 Å². The third kappa shape index (κ3) is 4.16. The Balaban J connectivity index is 1.66. The van der Waals surface area contributed by atoms with Gasteiger partial charge in [0.05, 0.1) is 6.10 Å². The number of thioether (sulfide) groups is 1. The van der Waals surface area contributed by atoms with Gasteiger partial charge in [-0.1, -0.05) is 13.3 Å². The Hall–Kier alpha value is -0.220. The fraction of sp³-hybridized carbons (Fsp3) is 0.929. The number of hydrogen-bond acceptors (Lipinski definition) is 3. The molecule has 0 bridgehead atoms. The number of carbonyl (C=O) groups excluding carboxylic acids is 1. The number of nitrogens with one attached hydrogen (secondary N) is 1. The van der Waals surface area contributed by atoms with Crippen molar-refractivity contribution in [3.05, 3.63) is 0 Å². The first-order valence-corrected chi connectivity index (χ1v) is 8.37. The van der Waals surface area contributed by atoms with Crippen molar-refractivity contribution in [2.75, 3.05) is 12.4 Å². The van der Waals surface area contributed by atoms with E-state index in [4.69, 9.17) is 4.74 Å². The molecule has 2 fully saturated rings. The molecule has 2 rings (SSSR count). The van der Waals surface area contributed by atoms with E-state index < -0.39 is 0 Å². The summed E-state index contributed by atoms with van der Waals surface area (Å²) < 4.78 is 5.55. The average molecular weight is 271 g/mol. The first-order valence-electron chi connectivity index (χ1n) is 7.32. The fourth-order valence-electron chi connectivity index (χ4n) is 2.95. The number of hydrogen-bond donors (Lipinski definition) is 1. The van der Waals surface area contributed by atoms with Crippen LogP contribution < -0.4 is 5.32 Å². The van der Waals surface area contributed by atoms with Gasteiger partial charge in [0.25, 0.3) is 0 Å². The van der Waals surface area contributed by atoms with Crippen molar-refractivity contribution in [2.45, 2.75) is 69.3 Å². The molecule has 0 spiro atoms. The summed E-state index contributed by atoms with van der Waals surface area (Å²) in [5, 5.41) is 3.86. The highest BCUT2D eigenvalue weighted by Crippen LogP contribution is 2.30. The Morgan fingerprint density at radius 2 is 2.22 bits per heavy atom. The van der Waals surface area contributed by atoms with Crippen LogP contribution in [0.4, 0.5) is 0 Å². The monoisotopic (exact) mass is 271 g/mol. The molecule has 1 heterocycles. The second-order valence-corrected chi connectivity index (χ2v) is 6.79. The zero-order valence-electron chi connectivity index (χ0n) is 11.3. The zero-order chi connectivity index (χ0) is 12.8. The zero-order valence-corrected chi connectivity index (χ0v) is 12.1. The molecule has 18 heavy (non-hydrogen) atoms. The second kappa shape index (κ2) is 7.39. The Labute approximate surface area is 114 Å². The van der Waals surface area contributed by atoms with Gasteiger partial charge in [0, 0.05) is 24.3 Å². The van der Waals surface area contributed by atoms with Crippen LogP contribution in [0.15, 0.2) is 0 Å². The maximum atomic E-state index is 11.9. The van der Waals surface area contributed by atoms with E-state index in [2.05, 4.69) is 12.2 Å². The topological polar surface area (TPSA) is 38.3 Å². The van der Waals surface area contributed by atoms with Gasteiger partial charge in [-0.05, 0) is 37.9 Å². The third-order valence-corrected chi connectivity index (χ3v) is 5.22. The average Bonchev–Trinajstić information content (AvgIpc) is 2.99. The summed E-state index contributed by atoms with van der Waals surface area (Å²) in [6.45, 7) is 3.07. The highest BCUT2D eigenvalue weighted by molar-refractivity contribution is 7.99. The molecule has 0 aromatic heterocycles. The van der Waals surface area contributed by atoms with Crippen molar-refractivity contribution in [3.8, 4) is 0 Å². The molecule has 4 heteroatoms. The van der Waals surface area contributed by atoms with Gasteiger partial charge in [0.15, 0.2) is 0 Å². The number of ether oxygens (including phenoxy) is 1. The molecule has 1 N–H and O–H groups in total. The summed E-state index contributed by atoms with van der Waals surface area (Å²) in [5.74, 6) is 1.37. The van der Waals surface area contributed by atoms with E-state index >= 15 is 0 Å². The molecule has 0 aromatic rings. The maximum Gasteiger partial charge on any atom is 0.220 e. The molecule has 1 amide bonds. The first kappa shape index (κ1) is 14.2. The molecule has 0 radical (unpaired) electrons. The number of rotatable bonds is 6. The minimum absolute atomic E-state index is 0.221. The normalized spacial score (nSPS) is 31.7. The van der Waals surface area contributed by atoms with E-state index in [1.807, 2.05) is 11.8 Å². The Morgan fingerprint density at radius 1 is 1.33 bits per heavy atom. The summed E-state index contributed by atoms with van der Waals surface area (Å²) >= 11 is 1.99. The van der Waals surface area contributed by atoms with Crippen LogP contribution in [-0.4, -0.2) is 35.7 Å². The fourth-order valence-corrected chi connectivity index (χ4v) is 4.15. The quantitative estimate of drug-likeness (QED) is 0.807. The molecule has 3 atom stereocenters. The van der Waals surface area contributed by atoms with E-state index in [1.165, 1.54) is 12.8 Å². The lowest BCUT2D eigenvalue weighted by atomic mass is 10.1. The van der Waals surface area contributed by atoms with Crippen LogP contribution in [0.2, 0.25) is 0 Å². The van der Waals surface area contributed by atoms with Crippen LogP contribution in [-0.2, 0) is 9.53 Å². The minimum Gasteiger partial charge on any atom is -0.378 e. The highest BCUT2D eigenvalue weighted by Gasteiger charge is 2.28. The van der Waals surface area contributed by atoms with Crippen molar-refractivity contribution in [1.29, 1.82) is 0 Å². The van der Waals surface area contributed by atoms with E-state index in [0.29, 0.717) is 23.8 Å². The Bertz CT molecular complexity index is 267. The summed E-state index contributed by atoms with van der Waals surface area (Å²) in [6, 6.07) is 0.409. The summed E-state index contributed by atoms with van der Waals surface area (Å²) in [4.78, 5) is 11.9. The van der Waals surface area contributed by atoms with Gasteiger partial charge >= 0.3 is 0 Å². The minimum atomic E-state index is 0.221. The molecule has 0 aromatic carbocycles. The van der Waals surface area contributed by atoms with Crippen LogP contribution in [0, 0.1) is 0 Å². The highest BCUT2D eigenvalue weighted by atomic mass is 32.2. The molecule has 3 unspecified atom stereocenters. The third-order valence-electron chi connectivity index (χ3n) is 3.90. The van der Waals surface area contributed by atoms with Crippen LogP contribution in [0.3, 0.4) is 0 Å². The van der Waals surface area contributed by atoms with Gasteiger partial charge < -0.3 is 10.1 Å².